The van der Waals surface area contributed by atoms with E-state index in [1.54, 1.807) is 25.1 Å². The molecule has 1 heterocycles. The zero-order valence-electron chi connectivity index (χ0n) is 12.0. The fourth-order valence-electron chi connectivity index (χ4n) is 1.74. The summed E-state index contributed by atoms with van der Waals surface area (Å²) in [5.74, 6) is -0.0238. The molecule has 0 saturated heterocycles. The van der Waals surface area contributed by atoms with Crippen molar-refractivity contribution >= 4 is 18.3 Å². The highest BCUT2D eigenvalue weighted by Gasteiger charge is 2.12. The first-order valence-corrected chi connectivity index (χ1v) is 6.57. The fraction of sp³-hybridized carbons (Fsp3) is 0.267. The Morgan fingerprint density at radius 3 is 2.82 bits per heavy atom. The highest BCUT2D eigenvalue weighted by molar-refractivity contribution is 5.93. The number of amides is 1. The predicted octanol–water partition coefficient (Wildman–Crippen LogP) is 2.50. The van der Waals surface area contributed by atoms with E-state index < -0.39 is 5.82 Å². The first-order chi connectivity index (χ1) is 10.1. The first-order valence-electron chi connectivity index (χ1n) is 6.57. The molecule has 0 bridgehead atoms. The van der Waals surface area contributed by atoms with Crippen LogP contribution in [0.5, 0.6) is 5.75 Å². The van der Waals surface area contributed by atoms with Crippen molar-refractivity contribution in [3.63, 3.8) is 0 Å². The molecule has 0 saturated carbocycles. The van der Waals surface area contributed by atoms with Gasteiger partial charge in [-0.25, -0.2) is 4.39 Å². The van der Waals surface area contributed by atoms with Crippen LogP contribution in [0.1, 0.15) is 23.0 Å². The van der Waals surface area contributed by atoms with E-state index in [2.05, 4.69) is 5.32 Å². The van der Waals surface area contributed by atoms with Crippen LogP contribution < -0.4 is 15.8 Å². The molecule has 0 aliphatic heterocycles. The molecular formula is C15H18ClFN2O3. The molecule has 1 aromatic carbocycles. The van der Waals surface area contributed by atoms with Gasteiger partial charge >= 0.3 is 0 Å². The van der Waals surface area contributed by atoms with Gasteiger partial charge in [0.15, 0.2) is 11.6 Å². The van der Waals surface area contributed by atoms with Crippen molar-refractivity contribution in [1.29, 1.82) is 0 Å². The Labute approximate surface area is 134 Å². The number of hydrogen-bond acceptors (Lipinski definition) is 4. The molecule has 0 radical (unpaired) electrons. The Kier molecular flexibility index (Phi) is 6.88. The highest BCUT2D eigenvalue weighted by atomic mass is 35.5. The molecule has 1 amide bonds. The number of rotatable bonds is 6. The average molecular weight is 329 g/mol. The first kappa shape index (κ1) is 18.0. The molecule has 1 unspecified atom stereocenters. The molecule has 0 spiro atoms. The van der Waals surface area contributed by atoms with Crippen LogP contribution >= 0.6 is 12.4 Å². The van der Waals surface area contributed by atoms with Gasteiger partial charge in [0.05, 0.1) is 18.7 Å². The number of furan rings is 1. The lowest BCUT2D eigenvalue weighted by Crippen LogP contribution is -2.33. The normalized spacial score (nSPS) is 11.4. The molecule has 120 valence electrons. The van der Waals surface area contributed by atoms with Crippen LogP contribution in [0.3, 0.4) is 0 Å². The minimum atomic E-state index is -0.432. The molecule has 2 rings (SSSR count). The van der Waals surface area contributed by atoms with Gasteiger partial charge in [-0.1, -0.05) is 12.1 Å². The van der Waals surface area contributed by atoms with Gasteiger partial charge in [0, 0.05) is 0 Å². The lowest BCUT2D eigenvalue weighted by atomic mass is 10.2. The third-order valence-electron chi connectivity index (χ3n) is 2.83. The lowest BCUT2D eigenvalue weighted by molar-refractivity contribution is 0.0930. The quantitative estimate of drug-likeness (QED) is 0.854. The van der Waals surface area contributed by atoms with Gasteiger partial charge < -0.3 is 20.2 Å². The largest absolute Gasteiger partial charge is 0.486 e. The van der Waals surface area contributed by atoms with Crippen LogP contribution in [0.2, 0.25) is 0 Å². The van der Waals surface area contributed by atoms with E-state index in [0.717, 1.165) is 0 Å². The highest BCUT2D eigenvalue weighted by Crippen LogP contribution is 2.16. The summed E-state index contributed by atoms with van der Waals surface area (Å²) in [4.78, 5) is 11.9. The lowest BCUT2D eigenvalue weighted by Gasteiger charge is -2.15. The molecule has 0 aliphatic carbocycles. The number of hydrogen-bond donors (Lipinski definition) is 2. The molecule has 3 N–H and O–H groups in total. The van der Waals surface area contributed by atoms with Gasteiger partial charge in [-0.15, -0.1) is 12.4 Å². The maximum atomic E-state index is 13.4. The predicted molar refractivity (Wildman–Crippen MR) is 82.7 cm³/mol. The summed E-state index contributed by atoms with van der Waals surface area (Å²) in [5.41, 5.74) is 5.80. The maximum Gasteiger partial charge on any atom is 0.254 e. The molecule has 0 fully saturated rings. The van der Waals surface area contributed by atoms with E-state index in [0.29, 0.717) is 11.3 Å². The number of carbonyl (C=O) groups excluding carboxylic acids is 1. The van der Waals surface area contributed by atoms with Gasteiger partial charge in [-0.2, -0.15) is 0 Å². The van der Waals surface area contributed by atoms with Gasteiger partial charge in [0.25, 0.3) is 5.91 Å². The monoisotopic (exact) mass is 328 g/mol. The van der Waals surface area contributed by atoms with Crippen LogP contribution in [0, 0.1) is 5.82 Å². The van der Waals surface area contributed by atoms with Crippen molar-refractivity contribution in [3.8, 4) is 5.75 Å². The van der Waals surface area contributed by atoms with E-state index in [1.165, 1.54) is 18.4 Å². The maximum absolute atomic E-state index is 13.4. The summed E-state index contributed by atoms with van der Waals surface area (Å²) in [6.07, 6.45) is 0.978. The third-order valence-corrected chi connectivity index (χ3v) is 2.83. The van der Waals surface area contributed by atoms with E-state index >= 15 is 0 Å². The molecule has 7 heteroatoms. The molecule has 5 nitrogen and oxygen atoms in total. The second-order valence-electron chi connectivity index (χ2n) is 4.57. The second-order valence-corrected chi connectivity index (χ2v) is 4.57. The Balaban J connectivity index is 0.00000242. The fourth-order valence-corrected chi connectivity index (χ4v) is 1.74. The Hall–Kier alpha value is -2.05. The summed E-state index contributed by atoms with van der Waals surface area (Å²) in [6, 6.07) is 7.71. The number of ether oxygens (including phenoxy) is 1. The third kappa shape index (κ3) is 4.75. The van der Waals surface area contributed by atoms with E-state index in [9.17, 15) is 9.18 Å². The van der Waals surface area contributed by atoms with Gasteiger partial charge in [-0.05, 0) is 25.1 Å². The van der Waals surface area contributed by atoms with Crippen molar-refractivity contribution < 1.29 is 18.3 Å². The van der Waals surface area contributed by atoms with Crippen LogP contribution in [0.15, 0.2) is 41.0 Å². The van der Waals surface area contributed by atoms with Crippen molar-refractivity contribution in [1.82, 2.24) is 5.32 Å². The number of para-hydroxylation sites is 1. The van der Waals surface area contributed by atoms with Crippen LogP contribution in [-0.4, -0.2) is 18.6 Å². The molecule has 22 heavy (non-hydrogen) atoms. The average Bonchev–Trinajstić information content (AvgIpc) is 2.96. The van der Waals surface area contributed by atoms with Crippen LogP contribution in [0.25, 0.3) is 0 Å². The number of carbonyl (C=O) groups is 1. The smallest absolute Gasteiger partial charge is 0.254 e. The number of benzene rings is 1. The van der Waals surface area contributed by atoms with Crippen LogP contribution in [0.4, 0.5) is 4.39 Å². The van der Waals surface area contributed by atoms with Crippen molar-refractivity contribution in [2.75, 3.05) is 6.54 Å². The van der Waals surface area contributed by atoms with Crippen molar-refractivity contribution in [2.45, 2.75) is 19.6 Å². The molecular weight excluding hydrogens is 311 g/mol. The van der Waals surface area contributed by atoms with E-state index in [1.807, 2.05) is 0 Å². The van der Waals surface area contributed by atoms with Gasteiger partial charge in [0.2, 0.25) is 0 Å². The van der Waals surface area contributed by atoms with Crippen LogP contribution in [-0.2, 0) is 6.54 Å². The Bertz CT molecular complexity index is 618. The molecule has 2 aromatic rings. The van der Waals surface area contributed by atoms with Gasteiger partial charge in [0.1, 0.15) is 18.1 Å². The van der Waals surface area contributed by atoms with Gasteiger partial charge in [-0.3, -0.25) is 4.79 Å². The summed E-state index contributed by atoms with van der Waals surface area (Å²) >= 11 is 0. The minimum absolute atomic E-state index is 0. The zero-order valence-corrected chi connectivity index (χ0v) is 12.9. The van der Waals surface area contributed by atoms with Crippen molar-refractivity contribution in [2.24, 2.45) is 5.73 Å². The second kappa shape index (κ2) is 8.41. The topological polar surface area (TPSA) is 77.5 Å². The molecule has 0 aliphatic rings. The Morgan fingerprint density at radius 1 is 1.45 bits per heavy atom. The SMILES string of the molecule is CC(CNC(=O)c1coc(CN)c1)Oc1ccccc1F.Cl. The summed E-state index contributed by atoms with van der Waals surface area (Å²) in [5, 5.41) is 2.69. The summed E-state index contributed by atoms with van der Waals surface area (Å²) in [7, 11) is 0. The summed E-state index contributed by atoms with van der Waals surface area (Å²) < 4.78 is 23.9. The standard InChI is InChI=1S/C15H17FN2O3.ClH/c1-10(21-14-5-3-2-4-13(14)16)8-18-15(19)11-6-12(7-17)20-9-11;/h2-6,9-10H,7-8,17H2,1H3,(H,18,19);1H. The number of nitrogens with one attached hydrogen (secondary N) is 1. The Morgan fingerprint density at radius 2 is 2.18 bits per heavy atom. The molecule has 1 aromatic heterocycles. The van der Waals surface area contributed by atoms with Crippen molar-refractivity contribution in [3.05, 3.63) is 53.7 Å². The van der Waals surface area contributed by atoms with E-state index in [4.69, 9.17) is 14.9 Å². The number of halogens is 2. The van der Waals surface area contributed by atoms with E-state index in [-0.39, 0.29) is 43.3 Å². The number of nitrogens with two attached hydrogens (primary N) is 1. The molecule has 1 atom stereocenters. The zero-order chi connectivity index (χ0) is 15.2. The summed E-state index contributed by atoms with van der Waals surface area (Å²) in [6.45, 7) is 2.23. The minimum Gasteiger partial charge on any atom is -0.486 e.